The Kier molecular flexibility index (Phi) is 4.69. The number of ether oxygens (including phenoxy) is 1. The quantitative estimate of drug-likeness (QED) is 0.464. The molecule has 0 aliphatic heterocycles. The van der Waals surface area contributed by atoms with Gasteiger partial charge in [0.2, 0.25) is 5.91 Å². The van der Waals surface area contributed by atoms with E-state index < -0.39 is 0 Å². The summed E-state index contributed by atoms with van der Waals surface area (Å²) in [5.41, 5.74) is 0. The molecule has 0 aromatic heterocycles. The monoisotopic (exact) mass is 200 g/mol. The number of hydrogen-bond donors (Lipinski definition) is 0. The molecule has 0 radical (unpaired) electrons. The third-order valence-corrected chi connectivity index (χ3v) is 1.53. The van der Waals surface area contributed by atoms with Crippen molar-refractivity contribution >= 4 is 11.8 Å². The minimum Gasteiger partial charge on any atom is -0.491 e. The van der Waals surface area contributed by atoms with Crippen LogP contribution >= 0.6 is 0 Å². The van der Waals surface area contributed by atoms with E-state index in [1.165, 1.54) is 23.0 Å². The van der Waals surface area contributed by atoms with Crippen LogP contribution in [0, 0.1) is 0 Å². The first-order valence-corrected chi connectivity index (χ1v) is 4.08. The molecule has 0 atom stereocenters. The molecule has 0 spiro atoms. The van der Waals surface area contributed by atoms with Gasteiger partial charge in [0.05, 0.1) is 13.2 Å². The van der Waals surface area contributed by atoms with Crippen LogP contribution < -0.4 is 0 Å². The zero-order valence-electron chi connectivity index (χ0n) is 9.20. The molecule has 0 N–H and O–H groups in total. The first-order chi connectivity index (χ1) is 6.40. The van der Waals surface area contributed by atoms with Crippen LogP contribution in [0.4, 0.5) is 0 Å². The first kappa shape index (κ1) is 12.5. The van der Waals surface area contributed by atoms with Crippen LogP contribution in [0.25, 0.3) is 0 Å². The van der Waals surface area contributed by atoms with Crippen LogP contribution in [-0.4, -0.2) is 56.9 Å². The van der Waals surface area contributed by atoms with E-state index in [4.69, 9.17) is 4.74 Å². The molecule has 0 aromatic carbocycles. The van der Waals surface area contributed by atoms with Gasteiger partial charge in [0, 0.05) is 28.2 Å². The highest BCUT2D eigenvalue weighted by Crippen LogP contribution is 2.00. The Morgan fingerprint density at radius 3 is 1.86 bits per heavy atom. The fraction of sp³-hybridized carbons (Fsp3) is 0.556. The molecule has 0 aliphatic carbocycles. The van der Waals surface area contributed by atoms with E-state index in [-0.39, 0.29) is 17.6 Å². The molecule has 0 fully saturated rings. The minimum atomic E-state index is -0.331. The molecule has 80 valence electrons. The average Bonchev–Trinajstić information content (AvgIpc) is 2.12. The lowest BCUT2D eigenvalue weighted by atomic mass is 10.3. The summed E-state index contributed by atoms with van der Waals surface area (Å²) in [5.74, 6) is -0.576. The normalized spacial score (nSPS) is 10.8. The summed E-state index contributed by atoms with van der Waals surface area (Å²) in [6.45, 7) is 0. The van der Waals surface area contributed by atoms with Crippen LogP contribution in [0.1, 0.15) is 0 Å². The van der Waals surface area contributed by atoms with Crippen molar-refractivity contribution in [1.82, 2.24) is 9.80 Å². The van der Waals surface area contributed by atoms with Crippen molar-refractivity contribution in [2.24, 2.45) is 0 Å². The third kappa shape index (κ3) is 3.47. The van der Waals surface area contributed by atoms with Gasteiger partial charge in [0.15, 0.2) is 5.76 Å². The summed E-state index contributed by atoms with van der Waals surface area (Å²) >= 11 is 0. The molecule has 0 bridgehead atoms. The Hall–Kier alpha value is -1.52. The van der Waals surface area contributed by atoms with Gasteiger partial charge in [0.25, 0.3) is 5.91 Å². The van der Waals surface area contributed by atoms with Crippen LogP contribution in [0.15, 0.2) is 11.8 Å². The Bertz CT molecular complexity index is 257. The van der Waals surface area contributed by atoms with Gasteiger partial charge in [-0.15, -0.1) is 0 Å². The zero-order chi connectivity index (χ0) is 11.3. The highest BCUT2D eigenvalue weighted by atomic mass is 16.5. The van der Waals surface area contributed by atoms with Crippen molar-refractivity contribution in [1.29, 1.82) is 0 Å². The molecule has 0 aliphatic rings. The fourth-order valence-electron chi connectivity index (χ4n) is 0.670. The van der Waals surface area contributed by atoms with Gasteiger partial charge < -0.3 is 14.5 Å². The van der Waals surface area contributed by atoms with E-state index in [0.717, 1.165) is 0 Å². The lowest BCUT2D eigenvalue weighted by molar-refractivity contribution is -0.129. The van der Waals surface area contributed by atoms with Gasteiger partial charge in [-0.3, -0.25) is 9.59 Å². The van der Waals surface area contributed by atoms with E-state index in [2.05, 4.69) is 0 Å². The van der Waals surface area contributed by atoms with Crippen molar-refractivity contribution in [3.8, 4) is 0 Å². The number of carbonyl (C=O) groups is 2. The number of amides is 2. The minimum absolute atomic E-state index is 0.0358. The zero-order valence-corrected chi connectivity index (χ0v) is 9.20. The van der Waals surface area contributed by atoms with Crippen molar-refractivity contribution < 1.29 is 14.3 Å². The van der Waals surface area contributed by atoms with Gasteiger partial charge in [-0.2, -0.15) is 0 Å². The Balaban J connectivity index is 4.72. The van der Waals surface area contributed by atoms with E-state index in [1.54, 1.807) is 28.2 Å². The van der Waals surface area contributed by atoms with Crippen molar-refractivity contribution in [2.45, 2.75) is 0 Å². The van der Waals surface area contributed by atoms with Crippen LogP contribution in [0.2, 0.25) is 0 Å². The molecule has 5 nitrogen and oxygen atoms in total. The number of nitrogens with zero attached hydrogens (tertiary/aromatic N) is 2. The summed E-state index contributed by atoms with van der Waals surface area (Å²) in [7, 11) is 7.75. The Morgan fingerprint density at radius 1 is 1.07 bits per heavy atom. The highest BCUT2D eigenvalue weighted by Gasteiger charge is 2.14. The van der Waals surface area contributed by atoms with E-state index in [1.807, 2.05) is 0 Å². The number of rotatable bonds is 3. The Morgan fingerprint density at radius 2 is 1.57 bits per heavy atom. The molecule has 0 unspecified atom stereocenters. The predicted molar refractivity (Wildman–Crippen MR) is 52.5 cm³/mol. The third-order valence-electron chi connectivity index (χ3n) is 1.53. The first-order valence-electron chi connectivity index (χ1n) is 4.08. The maximum atomic E-state index is 11.4. The molecule has 0 aromatic rings. The summed E-state index contributed by atoms with van der Waals surface area (Å²) in [6.07, 6.45) is 1.17. The van der Waals surface area contributed by atoms with E-state index in [0.29, 0.717) is 0 Å². The average molecular weight is 200 g/mol. The van der Waals surface area contributed by atoms with Crippen LogP contribution in [-0.2, 0) is 14.3 Å². The maximum Gasteiger partial charge on any atom is 0.288 e. The summed E-state index contributed by atoms with van der Waals surface area (Å²) in [6, 6.07) is 0. The van der Waals surface area contributed by atoms with Crippen molar-refractivity contribution in [3.63, 3.8) is 0 Å². The summed E-state index contributed by atoms with van der Waals surface area (Å²) < 4.78 is 4.82. The molecular weight excluding hydrogens is 184 g/mol. The molecule has 14 heavy (non-hydrogen) atoms. The Labute approximate surface area is 83.9 Å². The molecular formula is C9H16N2O3. The van der Waals surface area contributed by atoms with Crippen molar-refractivity contribution in [2.75, 3.05) is 35.3 Å². The van der Waals surface area contributed by atoms with Gasteiger partial charge in [-0.1, -0.05) is 0 Å². The second-order valence-electron chi connectivity index (χ2n) is 3.14. The number of carbonyl (C=O) groups excluding carboxylic acids is 2. The van der Waals surface area contributed by atoms with Gasteiger partial charge in [-0.25, -0.2) is 0 Å². The second-order valence-corrected chi connectivity index (χ2v) is 3.14. The van der Waals surface area contributed by atoms with Gasteiger partial charge in [0.1, 0.15) is 0 Å². The fourth-order valence-corrected chi connectivity index (χ4v) is 0.670. The van der Waals surface area contributed by atoms with Gasteiger partial charge >= 0.3 is 0 Å². The number of methoxy groups -OCH3 is 1. The maximum absolute atomic E-state index is 11.4. The smallest absolute Gasteiger partial charge is 0.288 e. The highest BCUT2D eigenvalue weighted by molar-refractivity contribution is 5.99. The lowest BCUT2D eigenvalue weighted by Gasteiger charge is -2.13. The van der Waals surface area contributed by atoms with Crippen LogP contribution in [0.3, 0.4) is 0 Å². The van der Waals surface area contributed by atoms with Gasteiger partial charge in [-0.05, 0) is 0 Å². The largest absolute Gasteiger partial charge is 0.491 e. The molecule has 0 saturated heterocycles. The molecule has 0 saturated carbocycles. The lowest BCUT2D eigenvalue weighted by Crippen LogP contribution is -2.27. The van der Waals surface area contributed by atoms with Crippen molar-refractivity contribution in [3.05, 3.63) is 11.8 Å². The predicted octanol–water partition coefficient (Wildman–Crippen LogP) is -0.307. The standard InChI is InChI=1S/C9H16N2O3/c1-10(2)8(12)6-7(14-5)9(13)11(3)4/h6H,1-5H3. The van der Waals surface area contributed by atoms with Crippen LogP contribution in [0.5, 0.6) is 0 Å². The number of likely N-dealkylation sites (N-methyl/N-ethyl adjacent to an activating group) is 2. The second kappa shape index (κ2) is 5.26. The topological polar surface area (TPSA) is 49.9 Å². The molecule has 5 heteroatoms. The summed E-state index contributed by atoms with van der Waals surface area (Å²) in [5, 5.41) is 0. The SMILES string of the molecule is COC(=CC(=O)N(C)C)C(=O)N(C)C. The van der Waals surface area contributed by atoms with E-state index >= 15 is 0 Å². The molecule has 0 rings (SSSR count). The summed E-state index contributed by atoms with van der Waals surface area (Å²) in [4.78, 5) is 25.3. The molecule has 2 amide bonds. The number of hydrogen-bond acceptors (Lipinski definition) is 3. The van der Waals surface area contributed by atoms with E-state index in [9.17, 15) is 9.59 Å². The molecule has 0 heterocycles.